The Bertz CT molecular complexity index is 671. The van der Waals surface area contributed by atoms with Gasteiger partial charge in [0, 0.05) is 0 Å². The van der Waals surface area contributed by atoms with E-state index in [1.54, 1.807) is 12.1 Å². The van der Waals surface area contributed by atoms with Crippen LogP contribution in [0.25, 0.3) is 12.2 Å². The van der Waals surface area contributed by atoms with E-state index in [2.05, 4.69) is 32.9 Å². The van der Waals surface area contributed by atoms with E-state index in [9.17, 15) is 5.11 Å². The monoisotopic (exact) mass is 467 g/mol. The molecule has 1 N–H and O–H groups in total. The Hall–Kier alpha value is -1.53. The molecule has 142 valence electrons. The summed E-state index contributed by atoms with van der Waals surface area (Å²) < 4.78 is 7.03. The van der Waals surface area contributed by atoms with Gasteiger partial charge in [0.05, 0.1) is 19.6 Å². The highest BCUT2D eigenvalue weighted by Crippen LogP contribution is 2.17. The van der Waals surface area contributed by atoms with Crippen molar-refractivity contribution < 1.29 is 38.3 Å². The quantitative estimate of drug-likeness (QED) is 0.347. The zero-order valence-electron chi connectivity index (χ0n) is 16.0. The maximum absolute atomic E-state index is 9.49. The summed E-state index contributed by atoms with van der Waals surface area (Å²) >= 11 is 0. The smallest absolute Gasteiger partial charge is 0.137 e. The van der Waals surface area contributed by atoms with Crippen LogP contribution in [0, 0.1) is 0 Å². The van der Waals surface area contributed by atoms with Gasteiger partial charge in [0.15, 0.2) is 0 Å². The van der Waals surface area contributed by atoms with E-state index in [0.29, 0.717) is 0 Å². The van der Waals surface area contributed by atoms with Crippen molar-refractivity contribution in [3.05, 3.63) is 59.7 Å². The Morgan fingerprint density at radius 1 is 0.885 bits per heavy atom. The predicted octanol–water partition coefficient (Wildman–Crippen LogP) is 1.82. The van der Waals surface area contributed by atoms with Crippen molar-refractivity contribution in [1.29, 1.82) is 0 Å². The first kappa shape index (κ1) is 22.5. The number of hydrogen-bond acceptors (Lipinski definition) is 2. The van der Waals surface area contributed by atoms with Crippen LogP contribution in [0.4, 0.5) is 0 Å². The molecule has 2 aromatic carbocycles. The number of hydrogen-bond donors (Lipinski definition) is 1. The molecule has 0 saturated carbocycles. The Balaban J connectivity index is 0.00000338. The molecule has 0 spiro atoms. The van der Waals surface area contributed by atoms with Crippen molar-refractivity contribution >= 4 is 12.2 Å². The van der Waals surface area contributed by atoms with Gasteiger partial charge in [0.1, 0.15) is 24.7 Å². The lowest BCUT2D eigenvalue weighted by Crippen LogP contribution is -3.00. The van der Waals surface area contributed by atoms with Crippen LogP contribution in [0.15, 0.2) is 48.5 Å². The van der Waals surface area contributed by atoms with Crippen molar-refractivity contribution in [1.82, 2.24) is 0 Å². The molecule has 0 aliphatic heterocycles. The van der Waals surface area contributed by atoms with E-state index in [1.165, 1.54) is 0 Å². The van der Waals surface area contributed by atoms with Gasteiger partial charge in [-0.05, 0) is 56.2 Å². The maximum atomic E-state index is 9.49. The van der Waals surface area contributed by atoms with Gasteiger partial charge in [-0.25, -0.2) is 0 Å². The molecule has 0 aromatic heterocycles. The third-order valence-corrected chi connectivity index (χ3v) is 5.07. The zero-order chi connectivity index (χ0) is 18.1. The van der Waals surface area contributed by atoms with Crippen molar-refractivity contribution in [2.45, 2.75) is 20.8 Å². The molecule has 0 radical (unpaired) electrons. The molecule has 26 heavy (non-hydrogen) atoms. The number of phenolic OH excluding ortho intramolecular Hbond substituents is 1. The summed E-state index contributed by atoms with van der Waals surface area (Å²) in [5, 5.41) is 9.49. The van der Waals surface area contributed by atoms with E-state index in [1.807, 2.05) is 36.4 Å². The number of quaternary nitrogens is 1. The highest BCUT2D eigenvalue weighted by molar-refractivity contribution is 5.70. The fourth-order valence-electron chi connectivity index (χ4n) is 3.00. The van der Waals surface area contributed by atoms with Crippen molar-refractivity contribution in [3.8, 4) is 11.5 Å². The number of halogens is 1. The molecule has 0 aliphatic rings. The van der Waals surface area contributed by atoms with E-state index < -0.39 is 0 Å². The minimum Gasteiger partial charge on any atom is -1.00 e. The summed E-state index contributed by atoms with van der Waals surface area (Å²) in [7, 11) is 0. The van der Waals surface area contributed by atoms with Crippen LogP contribution in [0.2, 0.25) is 0 Å². The lowest BCUT2D eigenvalue weighted by atomic mass is 10.1. The Morgan fingerprint density at radius 2 is 1.50 bits per heavy atom. The normalized spacial score (nSPS) is 11.3. The maximum Gasteiger partial charge on any atom is 0.137 e. The average Bonchev–Trinajstić information content (AvgIpc) is 2.65. The first-order valence-electron chi connectivity index (χ1n) is 9.16. The van der Waals surface area contributed by atoms with Crippen molar-refractivity contribution in [3.63, 3.8) is 0 Å². The molecule has 0 fully saturated rings. The molecular formula is C22H30INO2. The minimum atomic E-state index is 0. The largest absolute Gasteiger partial charge is 1.00 e. The lowest BCUT2D eigenvalue weighted by molar-refractivity contribution is -0.923. The molecule has 0 heterocycles. The molecule has 0 bridgehead atoms. The molecule has 0 saturated heterocycles. The molecule has 0 atom stereocenters. The molecule has 2 rings (SSSR count). The summed E-state index contributed by atoms with van der Waals surface area (Å²) in [6, 6.07) is 15.4. The lowest BCUT2D eigenvalue weighted by Gasteiger charge is -2.35. The molecule has 3 nitrogen and oxygen atoms in total. The van der Waals surface area contributed by atoms with Gasteiger partial charge >= 0.3 is 0 Å². The first-order chi connectivity index (χ1) is 12.1. The van der Waals surface area contributed by atoms with Gasteiger partial charge < -0.3 is 38.3 Å². The number of phenols is 1. The van der Waals surface area contributed by atoms with Crippen LogP contribution in [0.3, 0.4) is 0 Å². The second-order valence-electron chi connectivity index (χ2n) is 6.36. The molecule has 0 unspecified atom stereocenters. The van der Waals surface area contributed by atoms with Crippen molar-refractivity contribution in [2.24, 2.45) is 0 Å². The highest BCUT2D eigenvalue weighted by Gasteiger charge is 2.20. The highest BCUT2D eigenvalue weighted by atomic mass is 127. The average molecular weight is 467 g/mol. The van der Waals surface area contributed by atoms with Gasteiger partial charge in [-0.1, -0.05) is 36.4 Å². The van der Waals surface area contributed by atoms with Crippen LogP contribution >= 0.6 is 0 Å². The molecule has 0 amide bonds. The Kier molecular flexibility index (Phi) is 9.73. The van der Waals surface area contributed by atoms with Gasteiger partial charge in [-0.15, -0.1) is 0 Å². The number of nitrogens with zero attached hydrogens (tertiary/aromatic N) is 1. The molecule has 2 aromatic rings. The van der Waals surface area contributed by atoms with E-state index in [4.69, 9.17) is 4.74 Å². The summed E-state index contributed by atoms with van der Waals surface area (Å²) in [5.41, 5.74) is 2.09. The third kappa shape index (κ3) is 6.65. The first-order valence-corrected chi connectivity index (χ1v) is 9.16. The van der Waals surface area contributed by atoms with Crippen LogP contribution in [0.1, 0.15) is 31.9 Å². The van der Waals surface area contributed by atoms with Gasteiger partial charge in [-0.2, -0.15) is 0 Å². The van der Waals surface area contributed by atoms with Crippen LogP contribution in [0.5, 0.6) is 11.5 Å². The second-order valence-corrected chi connectivity index (χ2v) is 6.36. The third-order valence-electron chi connectivity index (χ3n) is 5.07. The minimum absolute atomic E-state index is 0. The fraction of sp³-hybridized carbons (Fsp3) is 0.364. The number of ether oxygens (including phenoxy) is 1. The summed E-state index contributed by atoms with van der Waals surface area (Å²) in [6.07, 6.45) is 4.02. The Labute approximate surface area is 174 Å². The van der Waals surface area contributed by atoms with Crippen LogP contribution < -0.4 is 28.7 Å². The molecular weight excluding hydrogens is 437 g/mol. The van der Waals surface area contributed by atoms with E-state index in [-0.39, 0.29) is 29.7 Å². The van der Waals surface area contributed by atoms with Gasteiger partial charge in [0.25, 0.3) is 0 Å². The number of aromatic hydroxyl groups is 1. The van der Waals surface area contributed by atoms with Crippen molar-refractivity contribution in [2.75, 3.05) is 32.8 Å². The summed E-state index contributed by atoms with van der Waals surface area (Å²) in [5.74, 6) is 1.20. The van der Waals surface area contributed by atoms with E-state index in [0.717, 1.165) is 54.1 Å². The van der Waals surface area contributed by atoms with E-state index >= 15 is 0 Å². The second kappa shape index (κ2) is 11.2. The zero-order valence-corrected chi connectivity index (χ0v) is 18.1. The summed E-state index contributed by atoms with van der Waals surface area (Å²) in [6.45, 7) is 12.0. The number of rotatable bonds is 9. The van der Waals surface area contributed by atoms with Crippen LogP contribution in [-0.4, -0.2) is 42.4 Å². The predicted molar refractivity (Wildman–Crippen MR) is 106 cm³/mol. The number of likely N-dealkylation sites (N-methyl/N-ethyl adjacent to an activating group) is 1. The Morgan fingerprint density at radius 3 is 2.08 bits per heavy atom. The number of benzene rings is 2. The van der Waals surface area contributed by atoms with Crippen LogP contribution in [-0.2, 0) is 0 Å². The molecule has 0 aliphatic carbocycles. The SMILES string of the molecule is CC[N+](CC)(CC)CCOc1ccc(/C=C/c2cccc(O)c2)cc1.[I-]. The topological polar surface area (TPSA) is 29.5 Å². The van der Waals surface area contributed by atoms with Gasteiger partial charge in [-0.3, -0.25) is 0 Å². The molecule has 4 heteroatoms. The van der Waals surface area contributed by atoms with Gasteiger partial charge in [0.2, 0.25) is 0 Å². The fourth-order valence-corrected chi connectivity index (χ4v) is 3.00. The standard InChI is InChI=1S/C22H29NO2.HI/c1-4-23(5-2,6-3)16-17-25-22-14-12-19(13-15-22)10-11-20-8-7-9-21(24)18-20;/h7-15,18H,4-6,16-17H2,1-3H3;1H/b11-10+;. The summed E-state index contributed by atoms with van der Waals surface area (Å²) in [4.78, 5) is 0.